The van der Waals surface area contributed by atoms with Crippen LogP contribution in [0.15, 0.2) is 18.2 Å². The minimum absolute atomic E-state index is 0.169. The lowest BCUT2D eigenvalue weighted by molar-refractivity contribution is 0.156. The SMILES string of the molecule is CCN(Cc1cc(F)cc(CN)c1)C1CCCCC1. The van der Waals surface area contributed by atoms with Crippen LogP contribution in [0.3, 0.4) is 0 Å². The van der Waals surface area contributed by atoms with Crippen LogP contribution in [-0.4, -0.2) is 17.5 Å². The molecule has 0 aromatic heterocycles. The van der Waals surface area contributed by atoms with E-state index in [9.17, 15) is 4.39 Å². The normalized spacial score (nSPS) is 17.1. The molecule has 1 aromatic carbocycles. The Morgan fingerprint density at radius 2 is 1.84 bits per heavy atom. The third-order valence-electron chi connectivity index (χ3n) is 4.14. The molecule has 1 aliphatic carbocycles. The molecule has 0 unspecified atom stereocenters. The van der Waals surface area contributed by atoms with Gasteiger partial charge in [-0.15, -0.1) is 0 Å². The molecule has 1 fully saturated rings. The van der Waals surface area contributed by atoms with E-state index in [1.54, 1.807) is 6.07 Å². The molecular weight excluding hydrogens is 239 g/mol. The predicted octanol–water partition coefficient (Wildman–Crippen LogP) is 3.44. The Morgan fingerprint density at radius 3 is 2.47 bits per heavy atom. The summed E-state index contributed by atoms with van der Waals surface area (Å²) in [4.78, 5) is 2.48. The number of rotatable bonds is 5. The quantitative estimate of drug-likeness (QED) is 0.882. The summed E-state index contributed by atoms with van der Waals surface area (Å²) >= 11 is 0. The van der Waals surface area contributed by atoms with Gasteiger partial charge < -0.3 is 5.73 Å². The molecular formula is C16H25FN2. The first-order valence-electron chi connectivity index (χ1n) is 7.45. The lowest BCUT2D eigenvalue weighted by atomic mass is 9.94. The maximum Gasteiger partial charge on any atom is 0.123 e. The Hall–Kier alpha value is -0.930. The number of hydrogen-bond donors (Lipinski definition) is 1. The Morgan fingerprint density at radius 1 is 1.16 bits per heavy atom. The molecule has 0 atom stereocenters. The fraction of sp³-hybridized carbons (Fsp3) is 0.625. The summed E-state index contributed by atoms with van der Waals surface area (Å²) in [5, 5.41) is 0. The second-order valence-corrected chi connectivity index (χ2v) is 5.53. The van der Waals surface area contributed by atoms with Gasteiger partial charge in [-0.2, -0.15) is 0 Å². The second kappa shape index (κ2) is 7.01. The number of halogens is 1. The maximum atomic E-state index is 13.5. The summed E-state index contributed by atoms with van der Waals surface area (Å²) in [5.74, 6) is -0.169. The van der Waals surface area contributed by atoms with Crippen molar-refractivity contribution in [2.45, 2.75) is 58.2 Å². The van der Waals surface area contributed by atoms with Crippen LogP contribution < -0.4 is 5.73 Å². The third kappa shape index (κ3) is 4.02. The van der Waals surface area contributed by atoms with Crippen molar-refractivity contribution in [1.82, 2.24) is 4.90 Å². The molecule has 106 valence electrons. The first kappa shape index (κ1) is 14.5. The van der Waals surface area contributed by atoms with Gasteiger partial charge in [-0.25, -0.2) is 4.39 Å². The van der Waals surface area contributed by atoms with Crippen molar-refractivity contribution in [1.29, 1.82) is 0 Å². The first-order chi connectivity index (χ1) is 9.22. The Kier molecular flexibility index (Phi) is 5.34. The van der Waals surface area contributed by atoms with E-state index >= 15 is 0 Å². The highest BCUT2D eigenvalue weighted by Gasteiger charge is 2.20. The van der Waals surface area contributed by atoms with Crippen LogP contribution in [-0.2, 0) is 13.1 Å². The molecule has 0 bridgehead atoms. The summed E-state index contributed by atoms with van der Waals surface area (Å²) in [6.45, 7) is 4.46. The standard InChI is InChI=1S/C16H25FN2/c1-2-19(16-6-4-3-5-7-16)12-14-8-13(11-18)9-15(17)10-14/h8-10,16H,2-7,11-12,18H2,1H3. The average molecular weight is 264 g/mol. The van der Waals surface area contributed by atoms with E-state index in [4.69, 9.17) is 5.73 Å². The van der Waals surface area contributed by atoms with Crippen molar-refractivity contribution in [2.24, 2.45) is 5.73 Å². The van der Waals surface area contributed by atoms with Gasteiger partial charge in [-0.3, -0.25) is 4.90 Å². The fourth-order valence-electron chi connectivity index (χ4n) is 3.11. The van der Waals surface area contributed by atoms with Gasteiger partial charge in [0.2, 0.25) is 0 Å². The van der Waals surface area contributed by atoms with Crippen molar-refractivity contribution in [3.05, 3.63) is 35.1 Å². The van der Waals surface area contributed by atoms with E-state index in [1.165, 1.54) is 38.2 Å². The van der Waals surface area contributed by atoms with Crippen LogP contribution >= 0.6 is 0 Å². The number of benzene rings is 1. The highest BCUT2D eigenvalue weighted by Crippen LogP contribution is 2.24. The van der Waals surface area contributed by atoms with Gasteiger partial charge in [0.1, 0.15) is 5.82 Å². The second-order valence-electron chi connectivity index (χ2n) is 5.53. The average Bonchev–Trinajstić information content (AvgIpc) is 2.45. The van der Waals surface area contributed by atoms with E-state index in [1.807, 2.05) is 6.07 Å². The van der Waals surface area contributed by atoms with Crippen LogP contribution in [0, 0.1) is 5.82 Å². The summed E-state index contributed by atoms with van der Waals surface area (Å²) in [6, 6.07) is 5.88. The van der Waals surface area contributed by atoms with Gasteiger partial charge in [0.25, 0.3) is 0 Å². The molecule has 2 N–H and O–H groups in total. The van der Waals surface area contributed by atoms with Gasteiger partial charge in [0, 0.05) is 19.1 Å². The lowest BCUT2D eigenvalue weighted by Gasteiger charge is -2.33. The Labute approximate surface area is 115 Å². The zero-order chi connectivity index (χ0) is 13.7. The monoisotopic (exact) mass is 264 g/mol. The van der Waals surface area contributed by atoms with Crippen molar-refractivity contribution in [3.8, 4) is 0 Å². The molecule has 0 heterocycles. The minimum atomic E-state index is -0.169. The highest BCUT2D eigenvalue weighted by atomic mass is 19.1. The number of nitrogens with two attached hydrogens (primary N) is 1. The molecule has 0 saturated heterocycles. The maximum absolute atomic E-state index is 13.5. The van der Waals surface area contributed by atoms with Crippen molar-refractivity contribution >= 4 is 0 Å². The minimum Gasteiger partial charge on any atom is -0.326 e. The largest absolute Gasteiger partial charge is 0.326 e. The topological polar surface area (TPSA) is 29.3 Å². The smallest absolute Gasteiger partial charge is 0.123 e. The Bertz CT molecular complexity index is 400. The molecule has 0 spiro atoms. The zero-order valence-corrected chi connectivity index (χ0v) is 11.9. The van der Waals surface area contributed by atoms with E-state index in [0.29, 0.717) is 12.6 Å². The summed E-state index contributed by atoms with van der Waals surface area (Å²) in [7, 11) is 0. The van der Waals surface area contributed by atoms with Crippen LogP contribution in [0.1, 0.15) is 50.2 Å². The van der Waals surface area contributed by atoms with Crippen LogP contribution in [0.5, 0.6) is 0 Å². The first-order valence-corrected chi connectivity index (χ1v) is 7.45. The van der Waals surface area contributed by atoms with Crippen LogP contribution in [0.2, 0.25) is 0 Å². The molecule has 1 saturated carbocycles. The van der Waals surface area contributed by atoms with Gasteiger partial charge in [-0.05, 0) is 42.6 Å². The molecule has 0 aliphatic heterocycles. The molecule has 2 rings (SSSR count). The summed E-state index contributed by atoms with van der Waals surface area (Å²) < 4.78 is 13.5. The molecule has 0 amide bonds. The van der Waals surface area contributed by atoms with E-state index in [2.05, 4.69) is 11.8 Å². The summed E-state index contributed by atoms with van der Waals surface area (Å²) in [6.07, 6.45) is 6.60. The van der Waals surface area contributed by atoms with Crippen molar-refractivity contribution < 1.29 is 4.39 Å². The predicted molar refractivity (Wildman–Crippen MR) is 77.2 cm³/mol. The van der Waals surface area contributed by atoms with Crippen LogP contribution in [0.4, 0.5) is 4.39 Å². The number of hydrogen-bond acceptors (Lipinski definition) is 2. The van der Waals surface area contributed by atoms with E-state index in [0.717, 1.165) is 24.2 Å². The Balaban J connectivity index is 2.06. The molecule has 3 heteroatoms. The van der Waals surface area contributed by atoms with Crippen molar-refractivity contribution in [3.63, 3.8) is 0 Å². The summed E-state index contributed by atoms with van der Waals surface area (Å²) in [5.41, 5.74) is 7.55. The highest BCUT2D eigenvalue weighted by molar-refractivity contribution is 5.24. The molecule has 2 nitrogen and oxygen atoms in total. The van der Waals surface area contributed by atoms with Crippen LogP contribution in [0.25, 0.3) is 0 Å². The fourth-order valence-corrected chi connectivity index (χ4v) is 3.11. The van der Waals surface area contributed by atoms with Gasteiger partial charge in [0.15, 0.2) is 0 Å². The molecule has 1 aromatic rings. The number of nitrogens with zero attached hydrogens (tertiary/aromatic N) is 1. The van der Waals surface area contributed by atoms with Crippen molar-refractivity contribution in [2.75, 3.05) is 6.54 Å². The van der Waals surface area contributed by atoms with E-state index < -0.39 is 0 Å². The van der Waals surface area contributed by atoms with E-state index in [-0.39, 0.29) is 5.82 Å². The third-order valence-corrected chi connectivity index (χ3v) is 4.14. The molecule has 19 heavy (non-hydrogen) atoms. The van der Waals surface area contributed by atoms with Gasteiger partial charge >= 0.3 is 0 Å². The zero-order valence-electron chi connectivity index (χ0n) is 11.9. The van der Waals surface area contributed by atoms with Gasteiger partial charge in [0.05, 0.1) is 0 Å². The molecule has 1 aliphatic rings. The lowest BCUT2D eigenvalue weighted by Crippen LogP contribution is -2.36. The van der Waals surface area contributed by atoms with Gasteiger partial charge in [-0.1, -0.05) is 32.3 Å². The molecule has 0 radical (unpaired) electrons.